The number of aryl methyl sites for hydroxylation is 1. The minimum atomic E-state index is -1.27. The molecule has 2 aromatic carbocycles. The standard InChI is InChI=1S/C24H26FNO4/c1-4-9-30-20-11-16(2)10-17(13-20)24(28)26-14-18(12-19(25)15-26)23(27)21-7-5-6-8-22(21)29-3/h4-8,10-11,13,18-19H,1,9,12,14-15H2,2-3H3. The number of carbonyl (C=O) groups excluding carboxylic acids is 2. The Labute approximate surface area is 176 Å². The molecule has 1 fully saturated rings. The minimum absolute atomic E-state index is 0.0364. The highest BCUT2D eigenvalue weighted by molar-refractivity contribution is 6.01. The van der Waals surface area contributed by atoms with Gasteiger partial charge in [-0.1, -0.05) is 24.8 Å². The second-order valence-corrected chi connectivity index (χ2v) is 7.44. The Bertz CT molecular complexity index is 943. The molecular formula is C24H26FNO4. The maximum Gasteiger partial charge on any atom is 0.254 e. The number of hydrogen-bond donors (Lipinski definition) is 0. The second kappa shape index (κ2) is 9.57. The number of alkyl halides is 1. The second-order valence-electron chi connectivity index (χ2n) is 7.44. The van der Waals surface area contributed by atoms with Crippen LogP contribution in [-0.4, -0.2) is 49.6 Å². The summed E-state index contributed by atoms with van der Waals surface area (Å²) in [5, 5.41) is 0. The number of benzene rings is 2. The normalized spacial score (nSPS) is 18.6. The highest BCUT2D eigenvalue weighted by Gasteiger charge is 2.35. The third-order valence-corrected chi connectivity index (χ3v) is 5.10. The van der Waals surface area contributed by atoms with Crippen LogP contribution < -0.4 is 9.47 Å². The van der Waals surface area contributed by atoms with Crippen molar-refractivity contribution < 1.29 is 23.5 Å². The van der Waals surface area contributed by atoms with Crippen LogP contribution in [-0.2, 0) is 0 Å². The maximum absolute atomic E-state index is 14.5. The van der Waals surface area contributed by atoms with Crippen LogP contribution in [0.2, 0.25) is 0 Å². The van der Waals surface area contributed by atoms with Crippen molar-refractivity contribution in [1.29, 1.82) is 0 Å². The van der Waals surface area contributed by atoms with Crippen LogP contribution in [0.1, 0.15) is 32.7 Å². The summed E-state index contributed by atoms with van der Waals surface area (Å²) in [6, 6.07) is 12.1. The number of nitrogens with zero attached hydrogens (tertiary/aromatic N) is 1. The van der Waals surface area contributed by atoms with Crippen molar-refractivity contribution in [3.8, 4) is 11.5 Å². The molecule has 158 valence electrons. The fraction of sp³-hybridized carbons (Fsp3) is 0.333. The minimum Gasteiger partial charge on any atom is -0.496 e. The van der Waals surface area contributed by atoms with Crippen LogP contribution in [0.3, 0.4) is 0 Å². The zero-order chi connectivity index (χ0) is 21.7. The SMILES string of the molecule is C=CCOc1cc(C)cc(C(=O)N2CC(F)CC(C(=O)c3ccccc3OC)C2)c1. The number of ether oxygens (including phenoxy) is 2. The molecular weight excluding hydrogens is 385 g/mol. The largest absolute Gasteiger partial charge is 0.496 e. The first-order valence-electron chi connectivity index (χ1n) is 9.89. The quantitative estimate of drug-likeness (QED) is 0.505. The van der Waals surface area contributed by atoms with Gasteiger partial charge in [0, 0.05) is 18.0 Å². The van der Waals surface area contributed by atoms with Crippen LogP contribution in [0.4, 0.5) is 4.39 Å². The molecule has 1 saturated heterocycles. The van der Waals surface area contributed by atoms with Crippen molar-refractivity contribution in [3.05, 3.63) is 71.8 Å². The predicted octanol–water partition coefficient (Wildman–Crippen LogP) is 4.25. The molecule has 0 radical (unpaired) electrons. The zero-order valence-corrected chi connectivity index (χ0v) is 17.3. The monoisotopic (exact) mass is 411 g/mol. The van der Waals surface area contributed by atoms with E-state index in [4.69, 9.17) is 9.47 Å². The molecule has 1 aliphatic heterocycles. The van der Waals surface area contributed by atoms with E-state index >= 15 is 0 Å². The van der Waals surface area contributed by atoms with E-state index in [9.17, 15) is 14.0 Å². The van der Waals surface area contributed by atoms with E-state index in [2.05, 4.69) is 6.58 Å². The lowest BCUT2D eigenvalue weighted by Crippen LogP contribution is -2.47. The number of amides is 1. The Balaban J connectivity index is 1.81. The number of ketones is 1. The smallest absolute Gasteiger partial charge is 0.254 e. The maximum atomic E-state index is 14.5. The molecule has 0 bridgehead atoms. The zero-order valence-electron chi connectivity index (χ0n) is 17.3. The van der Waals surface area contributed by atoms with Gasteiger partial charge in [0.1, 0.15) is 24.3 Å². The van der Waals surface area contributed by atoms with Crippen molar-refractivity contribution in [1.82, 2.24) is 4.90 Å². The third kappa shape index (κ3) is 4.87. The van der Waals surface area contributed by atoms with Crippen LogP contribution >= 0.6 is 0 Å². The number of piperidine rings is 1. The summed E-state index contributed by atoms with van der Waals surface area (Å²) in [4.78, 5) is 27.6. The molecule has 0 N–H and O–H groups in total. The number of carbonyl (C=O) groups is 2. The van der Waals surface area contributed by atoms with Crippen molar-refractivity contribution in [2.75, 3.05) is 26.8 Å². The summed E-state index contributed by atoms with van der Waals surface area (Å²) in [5.41, 5.74) is 1.67. The molecule has 6 heteroatoms. The fourth-order valence-electron chi connectivity index (χ4n) is 3.75. The fourth-order valence-corrected chi connectivity index (χ4v) is 3.75. The first kappa shape index (κ1) is 21.6. The number of likely N-dealkylation sites (tertiary alicyclic amines) is 1. The average Bonchev–Trinajstić information content (AvgIpc) is 2.75. The van der Waals surface area contributed by atoms with Crippen molar-refractivity contribution in [2.45, 2.75) is 19.5 Å². The van der Waals surface area contributed by atoms with E-state index in [1.54, 1.807) is 42.5 Å². The molecule has 2 aromatic rings. The van der Waals surface area contributed by atoms with Gasteiger partial charge in [-0.2, -0.15) is 0 Å². The van der Waals surface area contributed by atoms with Gasteiger partial charge in [0.15, 0.2) is 5.78 Å². The number of Topliss-reactive ketones (excluding diaryl/α,β-unsaturated/α-hetero) is 1. The van der Waals surface area contributed by atoms with E-state index in [0.29, 0.717) is 29.2 Å². The lowest BCUT2D eigenvalue weighted by atomic mass is 9.88. The Morgan fingerprint density at radius 3 is 2.73 bits per heavy atom. The summed E-state index contributed by atoms with van der Waals surface area (Å²) < 4.78 is 25.3. The van der Waals surface area contributed by atoms with Crippen LogP contribution in [0.5, 0.6) is 11.5 Å². The average molecular weight is 411 g/mol. The molecule has 0 aliphatic carbocycles. The van der Waals surface area contributed by atoms with Gasteiger partial charge in [0.2, 0.25) is 0 Å². The van der Waals surface area contributed by atoms with Gasteiger partial charge in [0.25, 0.3) is 5.91 Å². The number of para-hydroxylation sites is 1. The van der Waals surface area contributed by atoms with Gasteiger partial charge in [-0.3, -0.25) is 9.59 Å². The van der Waals surface area contributed by atoms with Gasteiger partial charge in [-0.25, -0.2) is 4.39 Å². The van der Waals surface area contributed by atoms with Crippen LogP contribution in [0.25, 0.3) is 0 Å². The summed E-state index contributed by atoms with van der Waals surface area (Å²) in [7, 11) is 1.49. The Kier molecular flexibility index (Phi) is 6.87. The van der Waals surface area contributed by atoms with Gasteiger partial charge in [-0.15, -0.1) is 0 Å². The molecule has 2 unspecified atom stereocenters. The number of methoxy groups -OCH3 is 1. The number of rotatable bonds is 7. The summed E-state index contributed by atoms with van der Waals surface area (Å²) >= 11 is 0. The summed E-state index contributed by atoms with van der Waals surface area (Å²) in [6.45, 7) is 5.92. The lowest BCUT2D eigenvalue weighted by Gasteiger charge is -2.34. The van der Waals surface area contributed by atoms with E-state index in [1.807, 2.05) is 13.0 Å². The van der Waals surface area contributed by atoms with Gasteiger partial charge in [-0.05, 0) is 49.2 Å². The number of hydrogen-bond acceptors (Lipinski definition) is 4. The van der Waals surface area contributed by atoms with Crippen molar-refractivity contribution in [2.24, 2.45) is 5.92 Å². The molecule has 1 heterocycles. The highest BCUT2D eigenvalue weighted by Crippen LogP contribution is 2.28. The molecule has 1 aliphatic rings. The molecule has 5 nitrogen and oxygen atoms in total. The van der Waals surface area contributed by atoms with Gasteiger partial charge >= 0.3 is 0 Å². The molecule has 0 saturated carbocycles. The Morgan fingerprint density at radius 2 is 2.00 bits per heavy atom. The number of halogens is 1. The molecule has 2 atom stereocenters. The van der Waals surface area contributed by atoms with E-state index in [0.717, 1.165) is 5.56 Å². The van der Waals surface area contributed by atoms with Crippen molar-refractivity contribution >= 4 is 11.7 Å². The molecule has 0 aromatic heterocycles. The first-order valence-corrected chi connectivity index (χ1v) is 9.89. The Morgan fingerprint density at radius 1 is 1.23 bits per heavy atom. The highest BCUT2D eigenvalue weighted by atomic mass is 19.1. The summed E-state index contributed by atoms with van der Waals surface area (Å²) in [5.74, 6) is -0.165. The predicted molar refractivity (Wildman–Crippen MR) is 113 cm³/mol. The Hall–Kier alpha value is -3.15. The first-order chi connectivity index (χ1) is 14.4. The van der Waals surface area contributed by atoms with Gasteiger partial charge in [0.05, 0.1) is 19.2 Å². The van der Waals surface area contributed by atoms with Crippen LogP contribution in [0, 0.1) is 12.8 Å². The summed E-state index contributed by atoms with van der Waals surface area (Å²) in [6.07, 6.45) is 0.436. The van der Waals surface area contributed by atoms with E-state index in [1.165, 1.54) is 12.0 Å². The van der Waals surface area contributed by atoms with Gasteiger partial charge < -0.3 is 14.4 Å². The molecule has 0 spiro atoms. The topological polar surface area (TPSA) is 55.8 Å². The van der Waals surface area contributed by atoms with Crippen LogP contribution in [0.15, 0.2) is 55.1 Å². The van der Waals surface area contributed by atoms with Crippen molar-refractivity contribution in [3.63, 3.8) is 0 Å². The lowest BCUT2D eigenvalue weighted by molar-refractivity contribution is 0.0501. The third-order valence-electron chi connectivity index (χ3n) is 5.10. The molecule has 30 heavy (non-hydrogen) atoms. The van der Waals surface area contributed by atoms with E-state index < -0.39 is 12.1 Å². The molecule has 1 amide bonds. The van der Waals surface area contributed by atoms with E-state index in [-0.39, 0.29) is 31.2 Å². The molecule has 3 rings (SSSR count).